The molecule has 0 fully saturated rings. The molecule has 100 valence electrons. The van der Waals surface area contributed by atoms with E-state index in [-0.39, 0.29) is 0 Å². The molecule has 0 saturated heterocycles. The Kier molecular flexibility index (Phi) is 5.30. The number of hydrogen-bond acceptors (Lipinski definition) is 4. The number of halogens is 1. The Morgan fingerprint density at radius 3 is 3.05 bits per heavy atom. The van der Waals surface area contributed by atoms with Gasteiger partial charge in [-0.25, -0.2) is 4.98 Å². The SMILES string of the molecule is CCCNCc1cccnc1Oc1cncc(Br)c1. The summed E-state index contributed by atoms with van der Waals surface area (Å²) in [6.07, 6.45) is 6.22. The maximum Gasteiger partial charge on any atom is 0.223 e. The van der Waals surface area contributed by atoms with Crippen LogP contribution >= 0.6 is 15.9 Å². The van der Waals surface area contributed by atoms with E-state index in [2.05, 4.69) is 38.1 Å². The minimum absolute atomic E-state index is 0.617. The Morgan fingerprint density at radius 2 is 2.26 bits per heavy atom. The highest BCUT2D eigenvalue weighted by Crippen LogP contribution is 2.24. The summed E-state index contributed by atoms with van der Waals surface area (Å²) in [4.78, 5) is 8.35. The summed E-state index contributed by atoms with van der Waals surface area (Å²) in [7, 11) is 0. The lowest BCUT2D eigenvalue weighted by Gasteiger charge is -2.10. The molecular formula is C14H16BrN3O. The maximum absolute atomic E-state index is 5.78. The van der Waals surface area contributed by atoms with E-state index >= 15 is 0 Å². The molecule has 0 radical (unpaired) electrons. The quantitative estimate of drug-likeness (QED) is 0.827. The molecule has 0 spiro atoms. The second-order valence-corrected chi connectivity index (χ2v) is 5.00. The number of ether oxygens (including phenoxy) is 1. The third-order valence-electron chi connectivity index (χ3n) is 2.49. The summed E-state index contributed by atoms with van der Waals surface area (Å²) in [5.41, 5.74) is 1.04. The molecule has 1 N–H and O–H groups in total. The smallest absolute Gasteiger partial charge is 0.223 e. The highest BCUT2D eigenvalue weighted by Gasteiger charge is 2.06. The average molecular weight is 322 g/mol. The van der Waals surface area contributed by atoms with Gasteiger partial charge in [0.1, 0.15) is 5.75 Å². The number of pyridine rings is 2. The van der Waals surface area contributed by atoms with Gasteiger partial charge in [0, 0.05) is 29.0 Å². The van der Waals surface area contributed by atoms with Gasteiger partial charge in [-0.1, -0.05) is 13.0 Å². The van der Waals surface area contributed by atoms with Crippen molar-refractivity contribution in [2.45, 2.75) is 19.9 Å². The molecule has 19 heavy (non-hydrogen) atoms. The molecule has 0 aliphatic carbocycles. The van der Waals surface area contributed by atoms with Gasteiger partial charge in [0.2, 0.25) is 5.88 Å². The zero-order valence-corrected chi connectivity index (χ0v) is 12.4. The molecule has 0 aliphatic rings. The third kappa shape index (κ3) is 4.29. The largest absolute Gasteiger partial charge is 0.437 e. The number of hydrogen-bond donors (Lipinski definition) is 1. The van der Waals surface area contributed by atoms with E-state index in [4.69, 9.17) is 4.74 Å². The summed E-state index contributed by atoms with van der Waals surface area (Å²) < 4.78 is 6.66. The molecule has 0 saturated carbocycles. The lowest BCUT2D eigenvalue weighted by molar-refractivity contribution is 0.450. The van der Waals surface area contributed by atoms with Crippen molar-refractivity contribution in [3.8, 4) is 11.6 Å². The van der Waals surface area contributed by atoms with Crippen LogP contribution in [0.25, 0.3) is 0 Å². The Morgan fingerprint density at radius 1 is 1.37 bits per heavy atom. The van der Waals surface area contributed by atoms with Crippen LogP contribution in [0.2, 0.25) is 0 Å². The molecule has 0 aliphatic heterocycles. The van der Waals surface area contributed by atoms with Crippen LogP contribution in [0.4, 0.5) is 0 Å². The molecule has 2 heterocycles. The van der Waals surface area contributed by atoms with E-state index in [9.17, 15) is 0 Å². The van der Waals surface area contributed by atoms with Crippen LogP contribution in [0.1, 0.15) is 18.9 Å². The van der Waals surface area contributed by atoms with Crippen molar-refractivity contribution in [2.75, 3.05) is 6.54 Å². The van der Waals surface area contributed by atoms with Gasteiger partial charge in [-0.3, -0.25) is 4.98 Å². The Bertz CT molecular complexity index is 534. The maximum atomic E-state index is 5.78. The van der Waals surface area contributed by atoms with E-state index in [0.29, 0.717) is 11.6 Å². The van der Waals surface area contributed by atoms with Crippen molar-refractivity contribution in [1.29, 1.82) is 0 Å². The van der Waals surface area contributed by atoms with Crippen molar-refractivity contribution in [3.63, 3.8) is 0 Å². The second kappa shape index (κ2) is 7.21. The molecule has 0 aromatic carbocycles. The van der Waals surface area contributed by atoms with Crippen LogP contribution < -0.4 is 10.1 Å². The lowest BCUT2D eigenvalue weighted by atomic mass is 10.2. The number of rotatable bonds is 6. The van der Waals surface area contributed by atoms with Gasteiger partial charge in [0.05, 0.1) is 6.20 Å². The third-order valence-corrected chi connectivity index (χ3v) is 2.92. The summed E-state index contributed by atoms with van der Waals surface area (Å²) >= 11 is 3.37. The fourth-order valence-corrected chi connectivity index (χ4v) is 1.95. The minimum atomic E-state index is 0.617. The summed E-state index contributed by atoms with van der Waals surface area (Å²) in [6, 6.07) is 5.79. The van der Waals surface area contributed by atoms with Gasteiger partial charge >= 0.3 is 0 Å². The fourth-order valence-electron chi connectivity index (χ4n) is 1.61. The van der Waals surface area contributed by atoms with Crippen molar-refractivity contribution in [2.24, 2.45) is 0 Å². The van der Waals surface area contributed by atoms with Gasteiger partial charge in [-0.05, 0) is 41.0 Å². The first kappa shape index (κ1) is 14.0. The van der Waals surface area contributed by atoms with E-state index in [1.807, 2.05) is 18.2 Å². The van der Waals surface area contributed by atoms with Crippen LogP contribution in [-0.2, 0) is 6.54 Å². The summed E-state index contributed by atoms with van der Waals surface area (Å²) in [5.74, 6) is 1.29. The van der Waals surface area contributed by atoms with Crippen LogP contribution in [-0.4, -0.2) is 16.5 Å². The Labute approximate surface area is 121 Å². The standard InChI is InChI=1S/C14H16BrN3O/c1-2-5-16-8-11-4-3-6-18-14(11)19-13-7-12(15)9-17-10-13/h3-4,6-7,9-10,16H,2,5,8H2,1H3. The monoisotopic (exact) mass is 321 g/mol. The molecule has 2 aromatic heterocycles. The van der Waals surface area contributed by atoms with Crippen LogP contribution in [0.5, 0.6) is 11.6 Å². The minimum Gasteiger partial charge on any atom is -0.437 e. The first-order chi connectivity index (χ1) is 9.29. The number of aromatic nitrogens is 2. The van der Waals surface area contributed by atoms with Crippen molar-refractivity contribution >= 4 is 15.9 Å². The van der Waals surface area contributed by atoms with Crippen LogP contribution in [0, 0.1) is 0 Å². The topological polar surface area (TPSA) is 47.0 Å². The molecular weight excluding hydrogens is 306 g/mol. The molecule has 0 unspecified atom stereocenters. The molecule has 0 amide bonds. The van der Waals surface area contributed by atoms with E-state index in [0.717, 1.165) is 29.5 Å². The lowest BCUT2D eigenvalue weighted by Crippen LogP contribution is -2.14. The average Bonchev–Trinajstić information content (AvgIpc) is 2.41. The Balaban J connectivity index is 2.11. The van der Waals surface area contributed by atoms with Crippen LogP contribution in [0.15, 0.2) is 41.3 Å². The number of nitrogens with one attached hydrogen (secondary N) is 1. The van der Waals surface area contributed by atoms with Crippen molar-refractivity contribution < 1.29 is 4.74 Å². The highest BCUT2D eigenvalue weighted by atomic mass is 79.9. The van der Waals surface area contributed by atoms with E-state index in [1.54, 1.807) is 18.6 Å². The van der Waals surface area contributed by atoms with Crippen molar-refractivity contribution in [1.82, 2.24) is 15.3 Å². The fraction of sp³-hybridized carbons (Fsp3) is 0.286. The van der Waals surface area contributed by atoms with Gasteiger partial charge < -0.3 is 10.1 Å². The van der Waals surface area contributed by atoms with E-state index < -0.39 is 0 Å². The van der Waals surface area contributed by atoms with Gasteiger partial charge in [0.15, 0.2) is 0 Å². The van der Waals surface area contributed by atoms with Gasteiger partial charge in [0.25, 0.3) is 0 Å². The summed E-state index contributed by atoms with van der Waals surface area (Å²) in [5, 5.41) is 3.34. The highest BCUT2D eigenvalue weighted by molar-refractivity contribution is 9.10. The van der Waals surface area contributed by atoms with Crippen LogP contribution in [0.3, 0.4) is 0 Å². The first-order valence-electron chi connectivity index (χ1n) is 6.22. The molecule has 2 rings (SSSR count). The zero-order chi connectivity index (χ0) is 13.5. The first-order valence-corrected chi connectivity index (χ1v) is 7.02. The molecule has 2 aromatic rings. The zero-order valence-electron chi connectivity index (χ0n) is 10.8. The molecule has 4 nitrogen and oxygen atoms in total. The molecule has 5 heteroatoms. The predicted molar refractivity (Wildman–Crippen MR) is 78.2 cm³/mol. The van der Waals surface area contributed by atoms with Gasteiger partial charge in [-0.15, -0.1) is 0 Å². The Hall–Kier alpha value is -1.46. The van der Waals surface area contributed by atoms with Crippen molar-refractivity contribution in [3.05, 3.63) is 46.8 Å². The van der Waals surface area contributed by atoms with E-state index in [1.165, 1.54) is 0 Å². The summed E-state index contributed by atoms with van der Waals surface area (Å²) in [6.45, 7) is 3.87. The molecule has 0 bridgehead atoms. The number of nitrogens with zero attached hydrogens (tertiary/aromatic N) is 2. The normalized spacial score (nSPS) is 10.4. The second-order valence-electron chi connectivity index (χ2n) is 4.09. The predicted octanol–water partition coefficient (Wildman–Crippen LogP) is 3.53. The van der Waals surface area contributed by atoms with Gasteiger partial charge in [-0.2, -0.15) is 0 Å². The molecule has 0 atom stereocenters.